The molecule has 1 aromatic carbocycles. The minimum atomic E-state index is -3.75. The highest BCUT2D eigenvalue weighted by molar-refractivity contribution is 7.92. The minimum absolute atomic E-state index is 0.118. The number of aryl methyl sites for hydroxylation is 1. The molecule has 1 aliphatic rings. The topological polar surface area (TPSA) is 86.1 Å². The molecule has 3 rings (SSSR count). The number of nitrogens with zero attached hydrogens (tertiary/aromatic N) is 3. The molecule has 0 amide bonds. The van der Waals surface area contributed by atoms with E-state index < -0.39 is 10.0 Å². The summed E-state index contributed by atoms with van der Waals surface area (Å²) >= 11 is 0. The summed E-state index contributed by atoms with van der Waals surface area (Å²) in [6, 6.07) is 4.92. The average Bonchev–Trinajstić information content (AvgIpc) is 3.00. The highest BCUT2D eigenvalue weighted by Crippen LogP contribution is 2.39. The second-order valence-electron chi connectivity index (χ2n) is 7.01. The third-order valence-electron chi connectivity index (χ3n) is 4.10. The molecule has 24 heavy (non-hydrogen) atoms. The van der Waals surface area contributed by atoms with Crippen molar-refractivity contribution in [3.63, 3.8) is 0 Å². The fourth-order valence-corrected chi connectivity index (χ4v) is 3.64. The first kappa shape index (κ1) is 16.8. The Balaban J connectivity index is 1.95. The SMILES string of the molecule is CC(C)c1nc(NS(=O)(=O)c2ccc3c(c2)C(C)(C)CO3)n(C)n1. The maximum Gasteiger partial charge on any atom is 0.264 e. The Bertz CT molecular complexity index is 885. The van der Waals surface area contributed by atoms with Gasteiger partial charge in [-0.05, 0) is 18.2 Å². The van der Waals surface area contributed by atoms with Gasteiger partial charge in [0.1, 0.15) is 5.75 Å². The number of hydrogen-bond donors (Lipinski definition) is 1. The van der Waals surface area contributed by atoms with Crippen molar-refractivity contribution in [2.75, 3.05) is 11.3 Å². The summed E-state index contributed by atoms with van der Waals surface area (Å²) < 4.78 is 35.0. The fraction of sp³-hybridized carbons (Fsp3) is 0.500. The maximum atomic E-state index is 12.7. The summed E-state index contributed by atoms with van der Waals surface area (Å²) in [5.74, 6) is 1.65. The van der Waals surface area contributed by atoms with E-state index in [2.05, 4.69) is 14.8 Å². The van der Waals surface area contributed by atoms with Crippen molar-refractivity contribution in [2.24, 2.45) is 7.05 Å². The van der Waals surface area contributed by atoms with Crippen molar-refractivity contribution in [2.45, 2.75) is 43.9 Å². The predicted octanol–water partition coefficient (Wildman–Crippen LogP) is 2.41. The number of ether oxygens (including phenoxy) is 1. The standard InChI is InChI=1S/C16H22N4O3S/c1-10(2)14-17-15(20(5)18-14)19-24(21,22)11-6-7-13-12(8-11)16(3,4)9-23-13/h6-8,10H,9H2,1-5H3,(H,17,18,19). The van der Waals surface area contributed by atoms with Crippen LogP contribution in [0.1, 0.15) is 45.0 Å². The van der Waals surface area contributed by atoms with Gasteiger partial charge >= 0.3 is 0 Å². The van der Waals surface area contributed by atoms with Crippen LogP contribution in [-0.2, 0) is 22.5 Å². The molecule has 1 aliphatic heterocycles. The largest absolute Gasteiger partial charge is 0.492 e. The average molecular weight is 350 g/mol. The van der Waals surface area contributed by atoms with Gasteiger partial charge in [-0.1, -0.05) is 27.7 Å². The summed E-state index contributed by atoms with van der Waals surface area (Å²) in [5.41, 5.74) is 0.683. The van der Waals surface area contributed by atoms with Crippen molar-refractivity contribution in [1.82, 2.24) is 14.8 Å². The van der Waals surface area contributed by atoms with Gasteiger partial charge in [0.05, 0.1) is 11.5 Å². The second kappa shape index (κ2) is 5.47. The first-order valence-corrected chi connectivity index (χ1v) is 9.29. The Morgan fingerprint density at radius 1 is 1.33 bits per heavy atom. The van der Waals surface area contributed by atoms with E-state index in [4.69, 9.17) is 4.74 Å². The first-order chi connectivity index (χ1) is 11.1. The molecule has 0 aliphatic carbocycles. The van der Waals surface area contributed by atoms with Gasteiger partial charge in [-0.25, -0.2) is 17.8 Å². The highest BCUT2D eigenvalue weighted by Gasteiger charge is 2.33. The Morgan fingerprint density at radius 3 is 2.67 bits per heavy atom. The predicted molar refractivity (Wildman–Crippen MR) is 90.9 cm³/mol. The van der Waals surface area contributed by atoms with E-state index in [1.165, 1.54) is 4.68 Å². The highest BCUT2D eigenvalue weighted by atomic mass is 32.2. The van der Waals surface area contributed by atoms with Crippen LogP contribution in [0.15, 0.2) is 23.1 Å². The van der Waals surface area contributed by atoms with Gasteiger partial charge in [0.15, 0.2) is 5.82 Å². The summed E-state index contributed by atoms with van der Waals surface area (Å²) in [7, 11) is -2.09. The Labute approximate surface area is 142 Å². The Morgan fingerprint density at radius 2 is 2.04 bits per heavy atom. The zero-order chi connectivity index (χ0) is 17.7. The summed E-state index contributed by atoms with van der Waals surface area (Å²) in [4.78, 5) is 4.45. The second-order valence-corrected chi connectivity index (χ2v) is 8.69. The van der Waals surface area contributed by atoms with Crippen LogP contribution in [0.3, 0.4) is 0 Å². The van der Waals surface area contributed by atoms with Gasteiger partial charge in [0, 0.05) is 23.9 Å². The molecule has 0 saturated carbocycles. The van der Waals surface area contributed by atoms with E-state index >= 15 is 0 Å². The lowest BCUT2D eigenvalue weighted by molar-refractivity contribution is 0.291. The van der Waals surface area contributed by atoms with E-state index in [1.807, 2.05) is 27.7 Å². The van der Waals surface area contributed by atoms with E-state index in [0.29, 0.717) is 12.4 Å². The summed E-state index contributed by atoms with van der Waals surface area (Å²) in [6.45, 7) is 8.51. The molecule has 7 nitrogen and oxygen atoms in total. The first-order valence-electron chi connectivity index (χ1n) is 7.81. The number of anilines is 1. The summed E-state index contributed by atoms with van der Waals surface area (Å²) in [6.07, 6.45) is 0. The van der Waals surface area contributed by atoms with Gasteiger partial charge in [0.2, 0.25) is 5.95 Å². The van der Waals surface area contributed by atoms with Crippen LogP contribution < -0.4 is 9.46 Å². The number of hydrogen-bond acceptors (Lipinski definition) is 5. The molecule has 130 valence electrons. The number of rotatable bonds is 4. The van der Waals surface area contributed by atoms with Crippen LogP contribution in [-0.4, -0.2) is 29.8 Å². The number of nitrogens with one attached hydrogen (secondary N) is 1. The zero-order valence-corrected chi connectivity index (χ0v) is 15.3. The molecule has 2 aromatic rings. The van der Waals surface area contributed by atoms with Crippen LogP contribution in [0.25, 0.3) is 0 Å². The lowest BCUT2D eigenvalue weighted by Crippen LogP contribution is -2.20. The van der Waals surface area contributed by atoms with E-state index in [9.17, 15) is 8.42 Å². The minimum Gasteiger partial charge on any atom is -0.492 e. The van der Waals surface area contributed by atoms with E-state index in [0.717, 1.165) is 11.3 Å². The van der Waals surface area contributed by atoms with Crippen LogP contribution >= 0.6 is 0 Å². The lowest BCUT2D eigenvalue weighted by Gasteiger charge is -2.16. The molecule has 0 spiro atoms. The van der Waals surface area contributed by atoms with Crippen LogP contribution in [0.2, 0.25) is 0 Å². The summed E-state index contributed by atoms with van der Waals surface area (Å²) in [5, 5.41) is 4.23. The molecule has 2 heterocycles. The molecule has 1 N–H and O–H groups in total. The Kier molecular flexibility index (Phi) is 3.82. The van der Waals surface area contributed by atoms with E-state index in [1.54, 1.807) is 25.2 Å². The van der Waals surface area contributed by atoms with E-state index in [-0.39, 0.29) is 22.2 Å². The van der Waals surface area contributed by atoms with Crippen molar-refractivity contribution in [3.8, 4) is 5.75 Å². The molecular weight excluding hydrogens is 328 g/mol. The van der Waals surface area contributed by atoms with Crippen LogP contribution in [0, 0.1) is 0 Å². The molecule has 0 atom stereocenters. The number of benzene rings is 1. The van der Waals surface area contributed by atoms with Crippen molar-refractivity contribution >= 4 is 16.0 Å². The number of aromatic nitrogens is 3. The Hall–Kier alpha value is -2.09. The normalized spacial score (nSPS) is 16.1. The maximum absolute atomic E-state index is 12.7. The molecular formula is C16H22N4O3S. The van der Waals surface area contributed by atoms with Gasteiger partial charge in [-0.2, -0.15) is 10.1 Å². The molecule has 0 bridgehead atoms. The molecule has 8 heteroatoms. The van der Waals surface area contributed by atoms with Crippen molar-refractivity contribution in [3.05, 3.63) is 29.6 Å². The van der Waals surface area contributed by atoms with Gasteiger partial charge in [0.25, 0.3) is 10.0 Å². The fourth-order valence-electron chi connectivity index (χ4n) is 2.58. The zero-order valence-electron chi connectivity index (χ0n) is 14.5. The monoisotopic (exact) mass is 350 g/mol. The lowest BCUT2D eigenvalue weighted by atomic mass is 9.87. The molecule has 0 fully saturated rings. The third kappa shape index (κ3) is 2.86. The van der Waals surface area contributed by atoms with Crippen molar-refractivity contribution in [1.29, 1.82) is 0 Å². The quantitative estimate of drug-likeness (QED) is 0.915. The van der Waals surface area contributed by atoms with Crippen LogP contribution in [0.5, 0.6) is 5.75 Å². The number of fused-ring (bicyclic) bond motifs is 1. The third-order valence-corrected chi connectivity index (χ3v) is 5.43. The number of sulfonamides is 1. The molecule has 0 saturated heterocycles. The van der Waals surface area contributed by atoms with Gasteiger partial charge in [-0.3, -0.25) is 0 Å². The molecule has 1 aromatic heterocycles. The van der Waals surface area contributed by atoms with Gasteiger partial charge < -0.3 is 4.74 Å². The molecule has 0 unspecified atom stereocenters. The smallest absolute Gasteiger partial charge is 0.264 e. The van der Waals surface area contributed by atoms with Crippen LogP contribution in [0.4, 0.5) is 5.95 Å². The van der Waals surface area contributed by atoms with Gasteiger partial charge in [-0.15, -0.1) is 0 Å². The molecule has 0 radical (unpaired) electrons. The van der Waals surface area contributed by atoms with Crippen molar-refractivity contribution < 1.29 is 13.2 Å².